The molecule has 0 aliphatic heterocycles. The topological polar surface area (TPSA) is 40.5 Å². The van der Waals surface area contributed by atoms with Gasteiger partial charge >= 0.3 is 0 Å². The van der Waals surface area contributed by atoms with Crippen molar-refractivity contribution in [2.24, 2.45) is 0 Å². The Kier molecular flexibility index (Phi) is 4.15. The van der Waals surface area contributed by atoms with Crippen LogP contribution in [-0.2, 0) is 6.42 Å². The second-order valence-corrected chi connectivity index (χ2v) is 4.32. The molecule has 1 aromatic rings. The molecule has 0 amide bonds. The molecule has 0 aliphatic carbocycles. The molecule has 0 atom stereocenters. The summed E-state index contributed by atoms with van der Waals surface area (Å²) in [7, 11) is 0. The number of hydrogen-bond donors (Lipinski definition) is 2. The highest BCUT2D eigenvalue weighted by molar-refractivity contribution is 5.42. The maximum absolute atomic E-state index is 9.74. The van der Waals surface area contributed by atoms with Gasteiger partial charge in [-0.2, -0.15) is 0 Å². The predicted molar refractivity (Wildman–Crippen MR) is 62.3 cm³/mol. The van der Waals surface area contributed by atoms with E-state index in [4.69, 9.17) is 5.11 Å². The Morgan fingerprint density at radius 2 is 1.93 bits per heavy atom. The summed E-state index contributed by atoms with van der Waals surface area (Å²) in [5, 5.41) is 18.5. The number of aromatic hydroxyl groups is 1. The van der Waals surface area contributed by atoms with Gasteiger partial charge in [-0.15, -0.1) is 0 Å². The lowest BCUT2D eigenvalue weighted by molar-refractivity contribution is 0.288. The molecule has 0 saturated carbocycles. The van der Waals surface area contributed by atoms with Gasteiger partial charge in [-0.1, -0.05) is 19.9 Å². The Hall–Kier alpha value is -1.02. The molecule has 1 aromatic carbocycles. The van der Waals surface area contributed by atoms with Gasteiger partial charge in [-0.3, -0.25) is 0 Å². The molecule has 2 N–H and O–H groups in total. The summed E-state index contributed by atoms with van der Waals surface area (Å²) in [4.78, 5) is 0. The fourth-order valence-corrected chi connectivity index (χ4v) is 1.85. The smallest absolute Gasteiger partial charge is 0.119 e. The number of phenols is 1. The molecule has 0 fully saturated rings. The first kappa shape index (κ1) is 12.1. The Morgan fingerprint density at radius 1 is 1.27 bits per heavy atom. The van der Waals surface area contributed by atoms with Gasteiger partial charge in [0.2, 0.25) is 0 Å². The fourth-order valence-electron chi connectivity index (χ4n) is 1.85. The lowest BCUT2D eigenvalue weighted by atomic mass is 9.94. The average molecular weight is 208 g/mol. The third-order valence-electron chi connectivity index (χ3n) is 2.69. The monoisotopic (exact) mass is 208 g/mol. The third kappa shape index (κ3) is 2.96. The normalized spacial score (nSPS) is 11.0. The Labute approximate surface area is 91.6 Å². The SMILES string of the molecule is Cc1cc(O)c(CCCO)cc1C(C)C. The van der Waals surface area contributed by atoms with Crippen LogP contribution in [-0.4, -0.2) is 16.8 Å². The molecule has 15 heavy (non-hydrogen) atoms. The molecule has 0 spiro atoms. The molecule has 0 radical (unpaired) electrons. The van der Waals surface area contributed by atoms with E-state index in [1.807, 2.05) is 13.0 Å². The fraction of sp³-hybridized carbons (Fsp3) is 0.538. The van der Waals surface area contributed by atoms with E-state index in [9.17, 15) is 5.11 Å². The number of hydrogen-bond acceptors (Lipinski definition) is 2. The van der Waals surface area contributed by atoms with Crippen LogP contribution in [0, 0.1) is 6.92 Å². The molecule has 0 aliphatic rings. The minimum absolute atomic E-state index is 0.171. The molecule has 2 heteroatoms. The van der Waals surface area contributed by atoms with E-state index in [1.54, 1.807) is 0 Å². The van der Waals surface area contributed by atoms with E-state index in [2.05, 4.69) is 19.9 Å². The molecular formula is C13H20O2. The second-order valence-electron chi connectivity index (χ2n) is 4.32. The molecule has 0 heterocycles. The van der Waals surface area contributed by atoms with E-state index < -0.39 is 0 Å². The van der Waals surface area contributed by atoms with Gasteiger partial charge in [0.15, 0.2) is 0 Å². The highest BCUT2D eigenvalue weighted by Gasteiger charge is 2.08. The number of aliphatic hydroxyl groups excluding tert-OH is 1. The van der Waals surface area contributed by atoms with Crippen molar-refractivity contribution in [2.45, 2.75) is 39.5 Å². The van der Waals surface area contributed by atoms with Crippen molar-refractivity contribution >= 4 is 0 Å². The standard InChI is InChI=1S/C13H20O2/c1-9(2)12-8-11(5-4-6-14)13(15)7-10(12)3/h7-9,14-15H,4-6H2,1-3H3. The number of benzene rings is 1. The zero-order valence-electron chi connectivity index (χ0n) is 9.75. The largest absolute Gasteiger partial charge is 0.508 e. The van der Waals surface area contributed by atoms with Crippen LogP contribution in [0.2, 0.25) is 0 Å². The summed E-state index contributed by atoms with van der Waals surface area (Å²) >= 11 is 0. The quantitative estimate of drug-likeness (QED) is 0.798. The summed E-state index contributed by atoms with van der Waals surface area (Å²) in [6.45, 7) is 6.49. The van der Waals surface area contributed by atoms with Gasteiger partial charge in [0.25, 0.3) is 0 Å². The third-order valence-corrected chi connectivity index (χ3v) is 2.69. The van der Waals surface area contributed by atoms with E-state index in [-0.39, 0.29) is 6.61 Å². The van der Waals surface area contributed by atoms with Gasteiger partial charge in [-0.05, 0) is 48.4 Å². The molecule has 2 nitrogen and oxygen atoms in total. The number of aryl methyl sites for hydroxylation is 2. The van der Waals surface area contributed by atoms with Crippen molar-refractivity contribution in [3.8, 4) is 5.75 Å². The van der Waals surface area contributed by atoms with Crippen LogP contribution in [0.4, 0.5) is 0 Å². The highest BCUT2D eigenvalue weighted by Crippen LogP contribution is 2.27. The first-order valence-corrected chi connectivity index (χ1v) is 5.49. The van der Waals surface area contributed by atoms with Crippen molar-refractivity contribution in [1.29, 1.82) is 0 Å². The first-order valence-electron chi connectivity index (χ1n) is 5.49. The predicted octanol–water partition coefficient (Wildman–Crippen LogP) is 2.75. The zero-order valence-corrected chi connectivity index (χ0v) is 9.75. The van der Waals surface area contributed by atoms with Crippen LogP contribution < -0.4 is 0 Å². The lowest BCUT2D eigenvalue weighted by Gasteiger charge is -2.13. The molecule has 0 saturated heterocycles. The van der Waals surface area contributed by atoms with Crippen LogP contribution in [0.3, 0.4) is 0 Å². The molecular weight excluding hydrogens is 188 g/mol. The van der Waals surface area contributed by atoms with Crippen molar-refractivity contribution in [3.63, 3.8) is 0 Å². The summed E-state index contributed by atoms with van der Waals surface area (Å²) in [5.41, 5.74) is 3.36. The van der Waals surface area contributed by atoms with Gasteiger partial charge in [0.05, 0.1) is 0 Å². The molecule has 0 bridgehead atoms. The maximum atomic E-state index is 9.74. The van der Waals surface area contributed by atoms with E-state index >= 15 is 0 Å². The van der Waals surface area contributed by atoms with Gasteiger partial charge < -0.3 is 10.2 Å². The number of phenolic OH excluding ortho intramolecular Hbond substituents is 1. The van der Waals surface area contributed by atoms with E-state index in [1.165, 1.54) is 5.56 Å². The Bertz CT molecular complexity index is 330. The molecule has 1 rings (SSSR count). The second kappa shape index (κ2) is 5.17. The minimum Gasteiger partial charge on any atom is -0.508 e. The van der Waals surface area contributed by atoms with Crippen molar-refractivity contribution in [3.05, 3.63) is 28.8 Å². The van der Waals surface area contributed by atoms with Gasteiger partial charge in [-0.25, -0.2) is 0 Å². The number of aliphatic hydroxyl groups is 1. The molecule has 0 aromatic heterocycles. The lowest BCUT2D eigenvalue weighted by Crippen LogP contribution is -1.97. The van der Waals surface area contributed by atoms with Gasteiger partial charge in [0.1, 0.15) is 5.75 Å². The van der Waals surface area contributed by atoms with E-state index in [0.717, 1.165) is 17.5 Å². The summed E-state index contributed by atoms with van der Waals surface area (Å²) < 4.78 is 0. The van der Waals surface area contributed by atoms with Crippen LogP contribution in [0.5, 0.6) is 5.75 Å². The highest BCUT2D eigenvalue weighted by atomic mass is 16.3. The Balaban J connectivity index is 3.00. The van der Waals surface area contributed by atoms with Crippen LogP contribution in [0.25, 0.3) is 0 Å². The van der Waals surface area contributed by atoms with Crippen LogP contribution in [0.1, 0.15) is 42.9 Å². The van der Waals surface area contributed by atoms with Crippen molar-refractivity contribution in [1.82, 2.24) is 0 Å². The summed E-state index contributed by atoms with van der Waals surface area (Å²) in [5.74, 6) is 0.823. The number of rotatable bonds is 4. The Morgan fingerprint density at radius 3 is 2.47 bits per heavy atom. The van der Waals surface area contributed by atoms with Crippen LogP contribution in [0.15, 0.2) is 12.1 Å². The van der Waals surface area contributed by atoms with Gasteiger partial charge in [0, 0.05) is 6.61 Å². The van der Waals surface area contributed by atoms with E-state index in [0.29, 0.717) is 18.1 Å². The first-order chi connectivity index (χ1) is 7.06. The molecule has 84 valence electrons. The molecule has 0 unspecified atom stereocenters. The summed E-state index contributed by atoms with van der Waals surface area (Å²) in [6, 6.07) is 3.88. The summed E-state index contributed by atoms with van der Waals surface area (Å²) in [6.07, 6.45) is 1.44. The average Bonchev–Trinajstić information content (AvgIpc) is 2.16. The van der Waals surface area contributed by atoms with Crippen LogP contribution >= 0.6 is 0 Å². The van der Waals surface area contributed by atoms with Crippen molar-refractivity contribution in [2.75, 3.05) is 6.61 Å². The zero-order chi connectivity index (χ0) is 11.4. The minimum atomic E-state index is 0.171. The van der Waals surface area contributed by atoms with Crippen molar-refractivity contribution < 1.29 is 10.2 Å². The maximum Gasteiger partial charge on any atom is 0.119 e.